The van der Waals surface area contributed by atoms with E-state index in [1.54, 1.807) is 21.1 Å². The number of methoxy groups -OCH3 is 2. The second-order valence-electron chi connectivity index (χ2n) is 4.87. The summed E-state index contributed by atoms with van der Waals surface area (Å²) in [4.78, 5) is 12.1. The van der Waals surface area contributed by atoms with Crippen molar-refractivity contribution in [3.63, 3.8) is 0 Å². The van der Waals surface area contributed by atoms with Crippen molar-refractivity contribution in [2.24, 2.45) is 0 Å². The Kier molecular flexibility index (Phi) is 4.81. The Labute approximate surface area is 114 Å². The first kappa shape index (κ1) is 15.3. The maximum atomic E-state index is 12.1. The SMILES string of the molecule is CCOC(=O)C(C)(C)c1cc(OC)c(OC)cc1C. The van der Waals surface area contributed by atoms with Crippen LogP contribution in [0, 0.1) is 6.92 Å². The predicted octanol–water partition coefficient (Wildman–Crippen LogP) is 2.85. The van der Waals surface area contributed by atoms with Gasteiger partial charge in [-0.1, -0.05) is 0 Å². The zero-order valence-corrected chi connectivity index (χ0v) is 12.5. The van der Waals surface area contributed by atoms with Crippen LogP contribution in [0.5, 0.6) is 11.5 Å². The molecular weight excluding hydrogens is 244 g/mol. The summed E-state index contributed by atoms with van der Waals surface area (Å²) < 4.78 is 15.7. The molecule has 4 heteroatoms. The first-order valence-corrected chi connectivity index (χ1v) is 6.28. The second-order valence-corrected chi connectivity index (χ2v) is 4.87. The van der Waals surface area contributed by atoms with E-state index in [-0.39, 0.29) is 5.97 Å². The van der Waals surface area contributed by atoms with Gasteiger partial charge in [0.25, 0.3) is 0 Å². The number of hydrogen-bond acceptors (Lipinski definition) is 4. The Hall–Kier alpha value is -1.71. The van der Waals surface area contributed by atoms with E-state index >= 15 is 0 Å². The molecule has 0 spiro atoms. The maximum absolute atomic E-state index is 12.1. The summed E-state index contributed by atoms with van der Waals surface area (Å²) >= 11 is 0. The van der Waals surface area contributed by atoms with Crippen LogP contribution in [0.25, 0.3) is 0 Å². The monoisotopic (exact) mass is 266 g/mol. The third-order valence-corrected chi connectivity index (χ3v) is 3.19. The zero-order chi connectivity index (χ0) is 14.6. The van der Waals surface area contributed by atoms with Gasteiger partial charge in [-0.25, -0.2) is 0 Å². The molecule has 0 aliphatic rings. The van der Waals surface area contributed by atoms with Crippen molar-refractivity contribution in [3.05, 3.63) is 23.3 Å². The fraction of sp³-hybridized carbons (Fsp3) is 0.533. The van der Waals surface area contributed by atoms with Gasteiger partial charge >= 0.3 is 5.97 Å². The third-order valence-electron chi connectivity index (χ3n) is 3.19. The molecule has 0 saturated carbocycles. The molecule has 0 aromatic heterocycles. The van der Waals surface area contributed by atoms with Crippen LogP contribution in [0.4, 0.5) is 0 Å². The van der Waals surface area contributed by atoms with Crippen LogP contribution in [-0.2, 0) is 14.9 Å². The fourth-order valence-electron chi connectivity index (χ4n) is 2.08. The minimum atomic E-state index is -0.723. The van der Waals surface area contributed by atoms with Gasteiger partial charge in [-0.05, 0) is 51.0 Å². The summed E-state index contributed by atoms with van der Waals surface area (Å²) in [6.45, 7) is 7.81. The molecule has 106 valence electrons. The lowest BCUT2D eigenvalue weighted by atomic mass is 9.82. The highest BCUT2D eigenvalue weighted by molar-refractivity contribution is 5.83. The van der Waals surface area contributed by atoms with Crippen molar-refractivity contribution in [1.82, 2.24) is 0 Å². The minimum absolute atomic E-state index is 0.245. The van der Waals surface area contributed by atoms with Gasteiger partial charge in [-0.3, -0.25) is 4.79 Å². The lowest BCUT2D eigenvalue weighted by Gasteiger charge is -2.25. The molecule has 1 aromatic carbocycles. The number of esters is 1. The number of carbonyl (C=O) groups is 1. The topological polar surface area (TPSA) is 44.8 Å². The molecule has 0 bridgehead atoms. The number of rotatable bonds is 5. The van der Waals surface area contributed by atoms with Crippen molar-refractivity contribution in [1.29, 1.82) is 0 Å². The quantitative estimate of drug-likeness (QED) is 0.769. The summed E-state index contributed by atoms with van der Waals surface area (Å²) in [5, 5.41) is 0. The van der Waals surface area contributed by atoms with E-state index in [0.717, 1.165) is 11.1 Å². The Morgan fingerprint density at radius 2 is 1.68 bits per heavy atom. The van der Waals surface area contributed by atoms with Crippen LogP contribution in [0.3, 0.4) is 0 Å². The van der Waals surface area contributed by atoms with Crippen molar-refractivity contribution in [2.75, 3.05) is 20.8 Å². The van der Waals surface area contributed by atoms with Crippen molar-refractivity contribution in [3.8, 4) is 11.5 Å². The summed E-state index contributed by atoms with van der Waals surface area (Å²) in [5.74, 6) is 1.02. The van der Waals surface area contributed by atoms with Crippen LogP contribution in [0.1, 0.15) is 31.9 Å². The Morgan fingerprint density at radius 3 is 2.16 bits per heavy atom. The summed E-state index contributed by atoms with van der Waals surface area (Å²) in [7, 11) is 3.17. The molecule has 0 radical (unpaired) electrons. The number of benzene rings is 1. The van der Waals surface area contributed by atoms with Crippen LogP contribution >= 0.6 is 0 Å². The minimum Gasteiger partial charge on any atom is -0.493 e. The van der Waals surface area contributed by atoms with Crippen molar-refractivity contribution >= 4 is 5.97 Å². The summed E-state index contributed by atoms with van der Waals surface area (Å²) in [6, 6.07) is 3.71. The largest absolute Gasteiger partial charge is 0.493 e. The molecule has 0 aliphatic heterocycles. The van der Waals surface area contributed by atoms with E-state index in [1.165, 1.54) is 0 Å². The zero-order valence-electron chi connectivity index (χ0n) is 12.5. The lowest BCUT2D eigenvalue weighted by Crippen LogP contribution is -2.32. The van der Waals surface area contributed by atoms with Gasteiger partial charge in [0.05, 0.1) is 26.2 Å². The molecule has 0 aliphatic carbocycles. The molecule has 1 rings (SSSR count). The molecule has 4 nitrogen and oxygen atoms in total. The molecule has 0 atom stereocenters. The van der Waals surface area contributed by atoms with Crippen molar-refractivity contribution in [2.45, 2.75) is 33.1 Å². The fourth-order valence-corrected chi connectivity index (χ4v) is 2.08. The van der Waals surface area contributed by atoms with Crippen LogP contribution in [-0.4, -0.2) is 26.8 Å². The molecular formula is C15H22O4. The Balaban J connectivity index is 3.30. The third kappa shape index (κ3) is 3.00. The molecule has 0 heterocycles. The smallest absolute Gasteiger partial charge is 0.315 e. The lowest BCUT2D eigenvalue weighted by molar-refractivity contribution is -0.148. The van der Waals surface area contributed by atoms with E-state index in [1.807, 2.05) is 32.9 Å². The van der Waals surface area contributed by atoms with Gasteiger partial charge in [0, 0.05) is 0 Å². The van der Waals surface area contributed by atoms with E-state index in [2.05, 4.69) is 0 Å². The van der Waals surface area contributed by atoms with Gasteiger partial charge in [-0.15, -0.1) is 0 Å². The van der Waals surface area contributed by atoms with Crippen molar-refractivity contribution < 1.29 is 19.0 Å². The van der Waals surface area contributed by atoms with Crippen LogP contribution in [0.15, 0.2) is 12.1 Å². The second kappa shape index (κ2) is 5.95. The van der Waals surface area contributed by atoms with Crippen LogP contribution in [0.2, 0.25) is 0 Å². The van der Waals surface area contributed by atoms with Gasteiger partial charge < -0.3 is 14.2 Å². The van der Waals surface area contributed by atoms with Gasteiger partial charge in [0.1, 0.15) is 0 Å². The van der Waals surface area contributed by atoms with E-state index in [9.17, 15) is 4.79 Å². The first-order valence-electron chi connectivity index (χ1n) is 6.28. The maximum Gasteiger partial charge on any atom is 0.315 e. The number of hydrogen-bond donors (Lipinski definition) is 0. The summed E-state index contributed by atoms with van der Waals surface area (Å²) in [6.07, 6.45) is 0. The molecule has 0 fully saturated rings. The molecule has 0 amide bonds. The van der Waals surface area contributed by atoms with Gasteiger partial charge in [0.2, 0.25) is 0 Å². The first-order chi connectivity index (χ1) is 8.88. The molecule has 19 heavy (non-hydrogen) atoms. The molecule has 1 aromatic rings. The van der Waals surface area contributed by atoms with E-state index < -0.39 is 5.41 Å². The standard InChI is InChI=1S/C15H22O4/c1-7-19-14(16)15(3,4)11-9-13(18-6)12(17-5)8-10(11)2/h8-9H,7H2,1-6H3. The number of aryl methyl sites for hydroxylation is 1. The highest BCUT2D eigenvalue weighted by atomic mass is 16.5. The number of carbonyl (C=O) groups excluding carboxylic acids is 1. The highest BCUT2D eigenvalue weighted by Crippen LogP contribution is 2.36. The predicted molar refractivity (Wildman–Crippen MR) is 73.9 cm³/mol. The van der Waals surface area contributed by atoms with Gasteiger partial charge in [-0.2, -0.15) is 0 Å². The normalized spacial score (nSPS) is 11.1. The Morgan fingerprint density at radius 1 is 1.16 bits per heavy atom. The molecule has 0 unspecified atom stereocenters. The molecule has 0 saturated heterocycles. The average molecular weight is 266 g/mol. The van der Waals surface area contributed by atoms with Gasteiger partial charge in [0.15, 0.2) is 11.5 Å². The van der Waals surface area contributed by atoms with E-state index in [0.29, 0.717) is 18.1 Å². The van der Waals surface area contributed by atoms with E-state index in [4.69, 9.17) is 14.2 Å². The summed E-state index contributed by atoms with van der Waals surface area (Å²) in [5.41, 5.74) is 1.12. The average Bonchev–Trinajstić information content (AvgIpc) is 2.38. The van der Waals surface area contributed by atoms with Crippen LogP contribution < -0.4 is 9.47 Å². The molecule has 0 N–H and O–H groups in total. The highest BCUT2D eigenvalue weighted by Gasteiger charge is 2.33. The number of ether oxygens (including phenoxy) is 3. The Bertz CT molecular complexity index is 463.